The molecule has 0 unspecified atom stereocenters. The van der Waals surface area contributed by atoms with E-state index in [1.807, 2.05) is 0 Å². The highest BCUT2D eigenvalue weighted by Crippen LogP contribution is 2.56. The minimum absolute atomic E-state index is 0.0249. The van der Waals surface area contributed by atoms with Gasteiger partial charge in [-0.15, -0.1) is 0 Å². The van der Waals surface area contributed by atoms with Gasteiger partial charge in [0.25, 0.3) is 0 Å². The Morgan fingerprint density at radius 1 is 0.298 bits per heavy atom. The van der Waals surface area contributed by atoms with Crippen LogP contribution in [0.4, 0.5) is 0 Å². The molecule has 0 atom stereocenters. The monoisotopic (exact) mass is 751 g/mol. The molecule has 6 aromatic carbocycles. The van der Waals surface area contributed by atoms with Gasteiger partial charge in [0.2, 0.25) is 0 Å². The van der Waals surface area contributed by atoms with Crippen molar-refractivity contribution >= 4 is 0 Å². The number of aryl methyl sites for hydroxylation is 2. The van der Waals surface area contributed by atoms with E-state index < -0.39 is 0 Å². The van der Waals surface area contributed by atoms with E-state index in [1.165, 1.54) is 169 Å². The Morgan fingerprint density at radius 3 is 0.930 bits per heavy atom. The summed E-state index contributed by atoms with van der Waals surface area (Å²) in [6.07, 6.45) is 20.1. The number of rotatable bonds is 20. The van der Waals surface area contributed by atoms with Crippen molar-refractivity contribution in [3.63, 3.8) is 0 Å². The van der Waals surface area contributed by atoms with Gasteiger partial charge in [0, 0.05) is 5.41 Å². The summed E-state index contributed by atoms with van der Waals surface area (Å²) in [7, 11) is 0. The quantitative estimate of drug-likeness (QED) is 0.0682. The smallest absolute Gasteiger partial charge is 0.0215 e. The maximum Gasteiger partial charge on any atom is 0.0215 e. The van der Waals surface area contributed by atoms with Gasteiger partial charge < -0.3 is 0 Å². The van der Waals surface area contributed by atoms with Gasteiger partial charge in [0.1, 0.15) is 0 Å². The summed E-state index contributed by atoms with van der Waals surface area (Å²) in [5.41, 5.74) is 19.4. The Hall–Kier alpha value is -4.68. The van der Waals surface area contributed by atoms with E-state index in [2.05, 4.69) is 161 Å². The molecule has 0 amide bonds. The third-order valence-electron chi connectivity index (χ3n) is 12.9. The second-order valence-corrected chi connectivity index (χ2v) is 17.0. The Labute approximate surface area is 345 Å². The summed E-state index contributed by atoms with van der Waals surface area (Å²) in [5, 5.41) is 0. The molecule has 0 saturated carbocycles. The molecule has 0 radical (unpaired) electrons. The van der Waals surface area contributed by atoms with E-state index in [4.69, 9.17) is 0 Å². The number of benzene rings is 6. The standard InChI is InChI=1S/C57H66/c1-5-9-13-15-39-57(40-16-14-10-6-2)55-41-51(49-31-27-47(28-32-49)45-23-19-43(20-24-45)17-11-7-3)35-37-53(55)54-38-36-52(42-56(54)57)50-33-29-48(30-34-50)46-25-21-44(22-26-46)18-12-8-4/h19-38,41-42H,5-18,39-40H2,1-4H3. The fourth-order valence-corrected chi connectivity index (χ4v) is 9.42. The first-order valence-corrected chi connectivity index (χ1v) is 22.8. The van der Waals surface area contributed by atoms with Gasteiger partial charge in [-0.1, -0.05) is 213 Å². The highest BCUT2D eigenvalue weighted by Gasteiger charge is 2.42. The van der Waals surface area contributed by atoms with Crippen LogP contribution in [0.15, 0.2) is 133 Å². The maximum atomic E-state index is 2.59. The van der Waals surface area contributed by atoms with Crippen LogP contribution in [-0.2, 0) is 18.3 Å². The first-order valence-electron chi connectivity index (χ1n) is 22.8. The maximum absolute atomic E-state index is 2.59. The second-order valence-electron chi connectivity index (χ2n) is 17.0. The predicted octanol–water partition coefficient (Wildman–Crippen LogP) is 17.2. The lowest BCUT2D eigenvalue weighted by atomic mass is 9.70. The van der Waals surface area contributed by atoms with Crippen LogP contribution in [0.25, 0.3) is 55.6 Å². The molecular formula is C57H66. The molecule has 0 aliphatic heterocycles. The molecule has 1 aliphatic rings. The Kier molecular flexibility index (Phi) is 14.0. The van der Waals surface area contributed by atoms with Crippen molar-refractivity contribution in [2.75, 3.05) is 0 Å². The average molecular weight is 751 g/mol. The highest BCUT2D eigenvalue weighted by atomic mass is 14.5. The van der Waals surface area contributed by atoms with Crippen LogP contribution in [0, 0.1) is 0 Å². The van der Waals surface area contributed by atoms with E-state index >= 15 is 0 Å². The molecule has 57 heavy (non-hydrogen) atoms. The van der Waals surface area contributed by atoms with Gasteiger partial charge in [-0.2, -0.15) is 0 Å². The number of fused-ring (bicyclic) bond motifs is 3. The molecular weight excluding hydrogens is 685 g/mol. The minimum Gasteiger partial charge on any atom is -0.0654 e. The molecule has 0 bridgehead atoms. The van der Waals surface area contributed by atoms with Gasteiger partial charge >= 0.3 is 0 Å². The first-order chi connectivity index (χ1) is 28.1. The Bertz CT molecular complexity index is 1990. The molecule has 0 N–H and O–H groups in total. The lowest BCUT2D eigenvalue weighted by Crippen LogP contribution is -2.25. The van der Waals surface area contributed by atoms with Gasteiger partial charge in [-0.05, 0) is 129 Å². The van der Waals surface area contributed by atoms with Crippen LogP contribution >= 0.6 is 0 Å². The van der Waals surface area contributed by atoms with E-state index in [-0.39, 0.29) is 5.41 Å². The fourth-order valence-electron chi connectivity index (χ4n) is 9.42. The van der Waals surface area contributed by atoms with Gasteiger partial charge in [0.15, 0.2) is 0 Å². The molecule has 7 rings (SSSR count). The van der Waals surface area contributed by atoms with Crippen LogP contribution in [0.1, 0.15) is 140 Å². The average Bonchev–Trinajstić information content (AvgIpc) is 3.53. The van der Waals surface area contributed by atoms with Crippen LogP contribution in [-0.4, -0.2) is 0 Å². The molecule has 1 aliphatic carbocycles. The van der Waals surface area contributed by atoms with Crippen molar-refractivity contribution in [3.8, 4) is 55.6 Å². The van der Waals surface area contributed by atoms with Crippen molar-refractivity contribution < 1.29 is 0 Å². The molecule has 0 aromatic heterocycles. The number of hydrogen-bond donors (Lipinski definition) is 0. The van der Waals surface area contributed by atoms with Crippen LogP contribution < -0.4 is 0 Å². The van der Waals surface area contributed by atoms with E-state index in [9.17, 15) is 0 Å². The van der Waals surface area contributed by atoms with Crippen molar-refractivity contribution in [1.29, 1.82) is 0 Å². The molecule has 0 saturated heterocycles. The van der Waals surface area contributed by atoms with Crippen LogP contribution in [0.5, 0.6) is 0 Å². The summed E-state index contributed by atoms with van der Waals surface area (Å²) in [6, 6.07) is 52.0. The minimum atomic E-state index is 0.0249. The first kappa shape index (κ1) is 40.5. The summed E-state index contributed by atoms with van der Waals surface area (Å²) in [5.74, 6) is 0. The Balaban J connectivity index is 1.22. The van der Waals surface area contributed by atoms with Crippen LogP contribution in [0.2, 0.25) is 0 Å². The Morgan fingerprint density at radius 2 is 0.596 bits per heavy atom. The zero-order valence-electron chi connectivity index (χ0n) is 35.5. The highest BCUT2D eigenvalue weighted by molar-refractivity contribution is 5.86. The van der Waals surface area contributed by atoms with Crippen LogP contribution in [0.3, 0.4) is 0 Å². The van der Waals surface area contributed by atoms with Crippen molar-refractivity contribution in [1.82, 2.24) is 0 Å². The third-order valence-corrected chi connectivity index (χ3v) is 12.9. The zero-order valence-corrected chi connectivity index (χ0v) is 35.5. The normalized spacial score (nSPS) is 12.8. The summed E-state index contributed by atoms with van der Waals surface area (Å²) in [6.45, 7) is 9.20. The molecule has 0 nitrogen and oxygen atoms in total. The van der Waals surface area contributed by atoms with E-state index in [1.54, 1.807) is 11.1 Å². The summed E-state index contributed by atoms with van der Waals surface area (Å²) < 4.78 is 0. The van der Waals surface area contributed by atoms with Crippen molar-refractivity contribution in [2.24, 2.45) is 0 Å². The van der Waals surface area contributed by atoms with Crippen molar-refractivity contribution in [3.05, 3.63) is 156 Å². The predicted molar refractivity (Wildman–Crippen MR) is 249 cm³/mol. The lowest BCUT2D eigenvalue weighted by Gasteiger charge is -2.33. The number of hydrogen-bond acceptors (Lipinski definition) is 0. The van der Waals surface area contributed by atoms with Gasteiger partial charge in [0.05, 0.1) is 0 Å². The summed E-state index contributed by atoms with van der Waals surface area (Å²) in [4.78, 5) is 0. The van der Waals surface area contributed by atoms with Crippen molar-refractivity contribution in [2.45, 2.75) is 136 Å². The lowest BCUT2D eigenvalue weighted by molar-refractivity contribution is 0.401. The zero-order chi connectivity index (χ0) is 39.5. The molecule has 294 valence electrons. The number of unbranched alkanes of at least 4 members (excludes halogenated alkanes) is 8. The van der Waals surface area contributed by atoms with Gasteiger partial charge in [-0.3, -0.25) is 0 Å². The molecule has 0 heterocycles. The molecule has 0 spiro atoms. The van der Waals surface area contributed by atoms with Gasteiger partial charge in [-0.25, -0.2) is 0 Å². The molecule has 0 fully saturated rings. The summed E-state index contributed by atoms with van der Waals surface area (Å²) >= 11 is 0. The largest absolute Gasteiger partial charge is 0.0654 e. The van der Waals surface area contributed by atoms with E-state index in [0.717, 1.165) is 0 Å². The second kappa shape index (κ2) is 19.7. The molecule has 0 heteroatoms. The SMILES string of the molecule is CCCCCCC1(CCCCCC)c2cc(-c3ccc(-c4ccc(CCCC)cc4)cc3)ccc2-c2ccc(-c3ccc(-c4ccc(CCCC)cc4)cc3)cc21. The topological polar surface area (TPSA) is 0 Å². The fraction of sp³-hybridized carbons (Fsp3) is 0.368. The third kappa shape index (κ3) is 9.39. The van der Waals surface area contributed by atoms with E-state index in [0.29, 0.717) is 0 Å². The molecule has 6 aromatic rings.